The van der Waals surface area contributed by atoms with Gasteiger partial charge in [0.25, 0.3) is 5.91 Å². The fourth-order valence-corrected chi connectivity index (χ4v) is 2.78. The molecule has 0 saturated carbocycles. The Bertz CT molecular complexity index is 644. The molecule has 2 unspecified atom stereocenters. The van der Waals surface area contributed by atoms with Crippen LogP contribution in [-0.2, 0) is 9.59 Å². The van der Waals surface area contributed by atoms with Crippen LogP contribution in [0.5, 0.6) is 0 Å². The highest BCUT2D eigenvalue weighted by atomic mass is 16.4. The summed E-state index contributed by atoms with van der Waals surface area (Å²) in [6.45, 7) is 2.79. The molecule has 7 heteroatoms. The number of hydrogen-bond donors (Lipinski definition) is 3. The molecule has 1 saturated heterocycles. The van der Waals surface area contributed by atoms with Crippen LogP contribution in [-0.4, -0.2) is 57.1 Å². The molecule has 0 aromatic heterocycles. The average molecular weight is 334 g/mol. The Balaban J connectivity index is 2.13. The number of carbonyl (C=O) groups excluding carboxylic acids is 2. The van der Waals surface area contributed by atoms with Crippen molar-refractivity contribution in [3.8, 4) is 0 Å². The summed E-state index contributed by atoms with van der Waals surface area (Å²) in [7, 11) is 0. The number of carboxylic acid groups (broad SMARTS) is 1. The molecule has 1 aliphatic rings. The SMILES string of the molecule is CC(O)(CNC(=O)C1(C)CCCN1C(=O)c1ccccc1)C(=O)O. The number of carboxylic acids is 1. The molecular formula is C17H22N2O5. The van der Waals surface area contributed by atoms with Crippen LogP contribution in [0, 0.1) is 0 Å². The van der Waals surface area contributed by atoms with E-state index < -0.39 is 29.6 Å². The summed E-state index contributed by atoms with van der Waals surface area (Å²) in [5.41, 5.74) is -2.63. The number of nitrogens with zero attached hydrogens (tertiary/aromatic N) is 1. The lowest BCUT2D eigenvalue weighted by atomic mass is 9.96. The minimum atomic E-state index is -2.06. The lowest BCUT2D eigenvalue weighted by Gasteiger charge is -2.34. The largest absolute Gasteiger partial charge is 0.479 e. The average Bonchev–Trinajstić information content (AvgIpc) is 2.95. The van der Waals surface area contributed by atoms with E-state index in [4.69, 9.17) is 5.11 Å². The first-order valence-corrected chi connectivity index (χ1v) is 7.79. The van der Waals surface area contributed by atoms with Gasteiger partial charge in [-0.3, -0.25) is 9.59 Å². The van der Waals surface area contributed by atoms with Gasteiger partial charge in [-0.25, -0.2) is 4.79 Å². The number of carbonyl (C=O) groups is 3. The number of rotatable bonds is 5. The first-order valence-electron chi connectivity index (χ1n) is 7.79. The van der Waals surface area contributed by atoms with Crippen LogP contribution in [0.15, 0.2) is 30.3 Å². The lowest BCUT2D eigenvalue weighted by molar-refractivity contribution is -0.156. The maximum Gasteiger partial charge on any atom is 0.337 e. The summed E-state index contributed by atoms with van der Waals surface area (Å²) in [4.78, 5) is 37.7. The van der Waals surface area contributed by atoms with Crippen molar-refractivity contribution < 1.29 is 24.6 Å². The van der Waals surface area contributed by atoms with Gasteiger partial charge in [-0.15, -0.1) is 0 Å². The van der Waals surface area contributed by atoms with E-state index in [-0.39, 0.29) is 5.91 Å². The Morgan fingerprint density at radius 3 is 2.50 bits per heavy atom. The van der Waals surface area contributed by atoms with Crippen molar-refractivity contribution in [1.82, 2.24) is 10.2 Å². The number of hydrogen-bond acceptors (Lipinski definition) is 4. The van der Waals surface area contributed by atoms with Crippen molar-refractivity contribution in [2.45, 2.75) is 37.8 Å². The molecule has 1 heterocycles. The van der Waals surface area contributed by atoms with Crippen molar-refractivity contribution in [1.29, 1.82) is 0 Å². The fourth-order valence-electron chi connectivity index (χ4n) is 2.78. The van der Waals surface area contributed by atoms with E-state index in [2.05, 4.69) is 5.32 Å². The van der Waals surface area contributed by atoms with Crippen LogP contribution >= 0.6 is 0 Å². The number of aliphatic hydroxyl groups is 1. The molecule has 7 nitrogen and oxygen atoms in total. The van der Waals surface area contributed by atoms with Crippen LogP contribution in [0.3, 0.4) is 0 Å². The van der Waals surface area contributed by atoms with Crippen molar-refractivity contribution in [3.05, 3.63) is 35.9 Å². The Morgan fingerprint density at radius 1 is 1.29 bits per heavy atom. The van der Waals surface area contributed by atoms with E-state index in [1.807, 2.05) is 0 Å². The van der Waals surface area contributed by atoms with Crippen molar-refractivity contribution in [3.63, 3.8) is 0 Å². The molecule has 0 aliphatic carbocycles. The molecule has 2 amide bonds. The number of aliphatic carboxylic acids is 1. The molecule has 0 spiro atoms. The van der Waals surface area contributed by atoms with Gasteiger partial charge in [0.2, 0.25) is 5.91 Å². The lowest BCUT2D eigenvalue weighted by Crippen LogP contribution is -2.58. The van der Waals surface area contributed by atoms with Crippen molar-refractivity contribution in [2.75, 3.05) is 13.1 Å². The number of likely N-dealkylation sites (tertiary alicyclic amines) is 1. The third kappa shape index (κ3) is 3.41. The molecule has 2 rings (SSSR count). The van der Waals surface area contributed by atoms with Crippen molar-refractivity contribution in [2.24, 2.45) is 0 Å². The Morgan fingerprint density at radius 2 is 1.92 bits per heavy atom. The number of benzene rings is 1. The van der Waals surface area contributed by atoms with E-state index in [0.29, 0.717) is 24.9 Å². The molecule has 24 heavy (non-hydrogen) atoms. The van der Waals surface area contributed by atoms with Gasteiger partial charge in [0.05, 0.1) is 6.54 Å². The van der Waals surface area contributed by atoms with Gasteiger partial charge in [-0.2, -0.15) is 0 Å². The first-order chi connectivity index (χ1) is 11.2. The number of amides is 2. The van der Waals surface area contributed by atoms with E-state index in [9.17, 15) is 19.5 Å². The standard InChI is InChI=1S/C17H22N2O5/c1-16(14(21)18-11-17(2,24)15(22)23)9-6-10-19(16)13(20)12-7-4-3-5-8-12/h3-5,7-8,24H,6,9-11H2,1-2H3,(H,18,21)(H,22,23). The molecule has 130 valence electrons. The Hall–Kier alpha value is -2.41. The Kier molecular flexibility index (Phi) is 4.94. The zero-order valence-electron chi connectivity index (χ0n) is 13.8. The second kappa shape index (κ2) is 6.60. The molecule has 3 N–H and O–H groups in total. The van der Waals surface area contributed by atoms with Gasteiger partial charge in [-0.05, 0) is 38.8 Å². The highest BCUT2D eigenvalue weighted by Crippen LogP contribution is 2.31. The van der Waals surface area contributed by atoms with E-state index >= 15 is 0 Å². The maximum atomic E-state index is 12.7. The van der Waals surface area contributed by atoms with Gasteiger partial charge >= 0.3 is 5.97 Å². The fraction of sp³-hybridized carbons (Fsp3) is 0.471. The molecule has 1 aromatic carbocycles. The third-order valence-electron chi connectivity index (χ3n) is 4.45. The van der Waals surface area contributed by atoms with Crippen LogP contribution in [0.4, 0.5) is 0 Å². The predicted molar refractivity (Wildman–Crippen MR) is 86.4 cm³/mol. The van der Waals surface area contributed by atoms with Crippen LogP contribution in [0.2, 0.25) is 0 Å². The molecule has 0 bridgehead atoms. The maximum absolute atomic E-state index is 12.7. The van der Waals surface area contributed by atoms with Gasteiger partial charge < -0.3 is 20.4 Å². The summed E-state index contributed by atoms with van der Waals surface area (Å²) in [5, 5.41) is 21.1. The molecular weight excluding hydrogens is 312 g/mol. The normalized spacial score (nSPS) is 22.7. The first kappa shape index (κ1) is 17.9. The molecule has 1 aromatic rings. The van der Waals surface area contributed by atoms with Gasteiger partial charge in [0, 0.05) is 12.1 Å². The Labute approximate surface area is 140 Å². The van der Waals surface area contributed by atoms with E-state index in [1.54, 1.807) is 37.3 Å². The monoisotopic (exact) mass is 334 g/mol. The summed E-state index contributed by atoms with van der Waals surface area (Å²) in [6.07, 6.45) is 1.16. The highest BCUT2D eigenvalue weighted by Gasteiger charge is 2.46. The summed E-state index contributed by atoms with van der Waals surface area (Å²) >= 11 is 0. The van der Waals surface area contributed by atoms with E-state index in [0.717, 1.165) is 6.92 Å². The molecule has 1 fully saturated rings. The second-order valence-corrected chi connectivity index (χ2v) is 6.46. The van der Waals surface area contributed by atoms with Gasteiger partial charge in [-0.1, -0.05) is 18.2 Å². The smallest absolute Gasteiger partial charge is 0.337 e. The minimum absolute atomic E-state index is 0.240. The number of nitrogens with one attached hydrogen (secondary N) is 1. The molecule has 1 aliphatic heterocycles. The second-order valence-electron chi connectivity index (χ2n) is 6.46. The predicted octanol–water partition coefficient (Wildman–Crippen LogP) is 0.633. The van der Waals surface area contributed by atoms with Crippen LogP contribution < -0.4 is 5.32 Å². The van der Waals surface area contributed by atoms with E-state index in [1.165, 1.54) is 4.90 Å². The van der Waals surface area contributed by atoms with Crippen LogP contribution in [0.1, 0.15) is 37.0 Å². The highest BCUT2D eigenvalue weighted by molar-refractivity contribution is 5.99. The summed E-state index contributed by atoms with van der Waals surface area (Å²) in [5.74, 6) is -2.13. The van der Waals surface area contributed by atoms with Crippen LogP contribution in [0.25, 0.3) is 0 Å². The zero-order valence-corrected chi connectivity index (χ0v) is 13.8. The molecule has 0 radical (unpaired) electrons. The zero-order chi connectivity index (χ0) is 18.0. The minimum Gasteiger partial charge on any atom is -0.479 e. The summed E-state index contributed by atoms with van der Waals surface area (Å²) < 4.78 is 0. The quantitative estimate of drug-likeness (QED) is 0.732. The third-order valence-corrected chi connectivity index (χ3v) is 4.45. The van der Waals surface area contributed by atoms with Gasteiger partial charge in [0.15, 0.2) is 5.60 Å². The summed E-state index contributed by atoms with van der Waals surface area (Å²) in [6, 6.07) is 8.69. The molecule has 2 atom stereocenters. The van der Waals surface area contributed by atoms with Gasteiger partial charge in [0.1, 0.15) is 5.54 Å². The topological polar surface area (TPSA) is 107 Å². The van der Waals surface area contributed by atoms with Crippen molar-refractivity contribution >= 4 is 17.8 Å².